The molecule has 0 bridgehead atoms. The highest BCUT2D eigenvalue weighted by atomic mass is 28.3. The minimum Gasteiger partial charge on any atom is -0.497 e. The van der Waals surface area contributed by atoms with Gasteiger partial charge in [0.25, 0.3) is 0 Å². The van der Waals surface area contributed by atoms with Crippen LogP contribution in [0.15, 0.2) is 84.9 Å². The van der Waals surface area contributed by atoms with Gasteiger partial charge in [-0.25, -0.2) is 0 Å². The van der Waals surface area contributed by atoms with Gasteiger partial charge < -0.3 is 19.8 Å². The fourth-order valence-corrected chi connectivity index (χ4v) is 7.80. The fourth-order valence-electron chi connectivity index (χ4n) is 5.36. The summed E-state index contributed by atoms with van der Waals surface area (Å²) in [7, 11) is -0.331. The predicted molar refractivity (Wildman–Crippen MR) is 145 cm³/mol. The Bertz CT molecular complexity index is 1080. The average Bonchev–Trinajstić information content (AvgIpc) is 2.87. The van der Waals surface area contributed by atoms with Gasteiger partial charge in [0.2, 0.25) is 14.9 Å². The van der Waals surface area contributed by atoms with Crippen LogP contribution in [0.2, 0.25) is 0 Å². The lowest BCUT2D eigenvalue weighted by Gasteiger charge is -2.54. The number of nitrogens with zero attached hydrogens (tertiary/aromatic N) is 1. The van der Waals surface area contributed by atoms with Gasteiger partial charge in [0.1, 0.15) is 11.8 Å². The summed E-state index contributed by atoms with van der Waals surface area (Å²) < 4.78 is 12.3. The summed E-state index contributed by atoms with van der Waals surface area (Å²) in [5.74, 6) is 0.729. The number of β-lactam (4-membered cyclic amide) rings is 1. The van der Waals surface area contributed by atoms with Crippen LogP contribution in [0.25, 0.3) is 0 Å². The summed E-state index contributed by atoms with van der Waals surface area (Å²) in [6.45, 7) is 8.77. The van der Waals surface area contributed by atoms with Crippen molar-refractivity contribution in [2.24, 2.45) is 17.1 Å². The summed E-state index contributed by atoms with van der Waals surface area (Å²) in [4.78, 5) is 14.8. The topological polar surface area (TPSA) is 64.8 Å². The number of methoxy groups -OCH3 is 1. The standard InChI is InChI=1S/C29H36N2O3Si/c1-20(34-35(23-12-8-6-9-13-23)24-14-10-7-11-15-24)25(29(2,3)4)27-26(30)28(32)31(27)21-16-18-22(33-5)19-17-21/h6-20,25-27,35H,30H2,1-5H3/t20-,25?,26-,27+/m0/s1. The van der Waals surface area contributed by atoms with Crippen molar-refractivity contribution in [1.29, 1.82) is 0 Å². The SMILES string of the molecule is COc1ccc(N2C(=O)[C@@H](N)[C@H]2C([C@H](C)O[SiH](c2ccccc2)c2ccccc2)C(C)(C)C)cc1. The third-order valence-corrected chi connectivity index (χ3v) is 9.65. The summed E-state index contributed by atoms with van der Waals surface area (Å²) >= 11 is 0. The molecule has 1 aliphatic heterocycles. The molecule has 1 aliphatic rings. The largest absolute Gasteiger partial charge is 0.497 e. The molecule has 0 radical (unpaired) electrons. The Morgan fingerprint density at radius 3 is 1.86 bits per heavy atom. The van der Waals surface area contributed by atoms with Gasteiger partial charge in [-0.1, -0.05) is 81.4 Å². The van der Waals surface area contributed by atoms with E-state index in [1.165, 1.54) is 10.4 Å². The van der Waals surface area contributed by atoms with Crippen LogP contribution in [0.3, 0.4) is 0 Å². The highest BCUT2D eigenvalue weighted by Gasteiger charge is 2.54. The van der Waals surface area contributed by atoms with Gasteiger partial charge in [-0.15, -0.1) is 0 Å². The van der Waals surface area contributed by atoms with Crippen LogP contribution in [-0.2, 0) is 9.22 Å². The lowest BCUT2D eigenvalue weighted by Crippen LogP contribution is -2.74. The molecule has 184 valence electrons. The van der Waals surface area contributed by atoms with Crippen molar-refractivity contribution in [2.75, 3.05) is 12.0 Å². The minimum absolute atomic E-state index is 0.0275. The van der Waals surface area contributed by atoms with E-state index in [1.807, 2.05) is 41.3 Å². The molecule has 6 heteroatoms. The molecule has 1 unspecified atom stereocenters. The van der Waals surface area contributed by atoms with Gasteiger partial charge in [-0.2, -0.15) is 0 Å². The van der Waals surface area contributed by atoms with E-state index >= 15 is 0 Å². The van der Waals surface area contributed by atoms with Gasteiger partial charge in [-0.05, 0) is 47.0 Å². The maximum atomic E-state index is 13.0. The second kappa shape index (κ2) is 10.4. The molecule has 3 aromatic carbocycles. The lowest BCUT2D eigenvalue weighted by atomic mass is 9.68. The first-order chi connectivity index (χ1) is 16.7. The zero-order valence-corrected chi connectivity index (χ0v) is 22.4. The number of benzene rings is 3. The maximum Gasteiger partial charge on any atom is 0.246 e. The van der Waals surface area contributed by atoms with Gasteiger partial charge in [0.05, 0.1) is 13.2 Å². The van der Waals surface area contributed by atoms with Gasteiger partial charge in [0, 0.05) is 17.7 Å². The fraction of sp³-hybridized carbons (Fsp3) is 0.345. The van der Waals surface area contributed by atoms with Crippen LogP contribution < -0.4 is 25.7 Å². The van der Waals surface area contributed by atoms with Crippen molar-refractivity contribution >= 4 is 31.0 Å². The molecule has 1 fully saturated rings. The number of amides is 1. The zero-order valence-electron chi connectivity index (χ0n) is 21.2. The molecule has 3 aromatic rings. The van der Waals surface area contributed by atoms with E-state index in [0.29, 0.717) is 0 Å². The third kappa shape index (κ3) is 5.20. The third-order valence-electron chi connectivity index (χ3n) is 6.97. The number of ether oxygens (including phenoxy) is 1. The second-order valence-corrected chi connectivity index (χ2v) is 12.7. The Morgan fingerprint density at radius 2 is 1.40 bits per heavy atom. The van der Waals surface area contributed by atoms with Crippen LogP contribution in [0, 0.1) is 11.3 Å². The molecule has 5 nitrogen and oxygen atoms in total. The number of rotatable bonds is 8. The first kappa shape index (κ1) is 25.2. The Kier molecular flexibility index (Phi) is 7.45. The number of carbonyl (C=O) groups is 1. The molecule has 35 heavy (non-hydrogen) atoms. The quantitative estimate of drug-likeness (QED) is 0.390. The molecule has 0 aliphatic carbocycles. The summed E-state index contributed by atoms with van der Waals surface area (Å²) in [5.41, 5.74) is 7.18. The Hall–Kier alpha value is -2.93. The zero-order chi connectivity index (χ0) is 25.2. The van der Waals surface area contributed by atoms with Crippen LogP contribution in [0.1, 0.15) is 27.7 Å². The molecule has 0 saturated carbocycles. The summed E-state index contributed by atoms with van der Waals surface area (Å²) in [6.07, 6.45) is -0.114. The Morgan fingerprint density at radius 1 is 0.886 bits per heavy atom. The molecule has 1 heterocycles. The van der Waals surface area contributed by atoms with Crippen molar-refractivity contribution in [2.45, 2.75) is 45.9 Å². The van der Waals surface area contributed by atoms with Crippen LogP contribution in [-0.4, -0.2) is 40.2 Å². The van der Waals surface area contributed by atoms with E-state index in [2.05, 4.69) is 76.2 Å². The van der Waals surface area contributed by atoms with Gasteiger partial charge in [0.15, 0.2) is 0 Å². The average molecular weight is 489 g/mol. The molecule has 1 saturated heterocycles. The number of hydrogen-bond acceptors (Lipinski definition) is 4. The summed E-state index contributed by atoms with van der Waals surface area (Å²) in [5, 5.41) is 2.47. The molecule has 4 rings (SSSR count). The normalized spacial score (nSPS) is 19.9. The van der Waals surface area contributed by atoms with Crippen LogP contribution in [0.4, 0.5) is 5.69 Å². The van der Waals surface area contributed by atoms with Crippen molar-refractivity contribution in [1.82, 2.24) is 0 Å². The lowest BCUT2D eigenvalue weighted by molar-refractivity contribution is -0.129. The first-order valence-electron chi connectivity index (χ1n) is 12.2. The predicted octanol–water partition coefficient (Wildman–Crippen LogP) is 3.34. The molecule has 1 amide bonds. The van der Waals surface area contributed by atoms with Crippen LogP contribution in [0.5, 0.6) is 5.75 Å². The molecule has 2 N–H and O–H groups in total. The van der Waals surface area contributed by atoms with Crippen molar-refractivity contribution < 1.29 is 14.0 Å². The van der Waals surface area contributed by atoms with Gasteiger partial charge in [-0.3, -0.25) is 4.79 Å². The van der Waals surface area contributed by atoms with E-state index in [-0.39, 0.29) is 29.4 Å². The van der Waals surface area contributed by atoms with Crippen molar-refractivity contribution in [3.8, 4) is 5.75 Å². The first-order valence-corrected chi connectivity index (χ1v) is 13.8. The molecular weight excluding hydrogens is 452 g/mol. The van der Waals surface area contributed by atoms with Crippen molar-refractivity contribution in [3.05, 3.63) is 84.9 Å². The van der Waals surface area contributed by atoms with E-state index in [1.54, 1.807) is 7.11 Å². The highest BCUT2D eigenvalue weighted by Crippen LogP contribution is 2.42. The molecular formula is C29H36N2O3Si. The molecule has 4 atom stereocenters. The summed E-state index contributed by atoms with van der Waals surface area (Å²) in [6, 6.07) is 27.9. The van der Waals surface area contributed by atoms with E-state index in [9.17, 15) is 4.79 Å². The van der Waals surface area contributed by atoms with Crippen molar-refractivity contribution in [3.63, 3.8) is 0 Å². The highest BCUT2D eigenvalue weighted by molar-refractivity contribution is 6.80. The van der Waals surface area contributed by atoms with E-state index < -0.39 is 15.1 Å². The smallest absolute Gasteiger partial charge is 0.246 e. The van der Waals surface area contributed by atoms with Crippen LogP contribution >= 0.6 is 0 Å². The Labute approximate surface area is 210 Å². The second-order valence-electron chi connectivity index (χ2n) is 10.4. The number of carbonyl (C=O) groups excluding carboxylic acids is 1. The van der Waals surface area contributed by atoms with Gasteiger partial charge >= 0.3 is 0 Å². The monoisotopic (exact) mass is 488 g/mol. The molecule has 0 spiro atoms. The molecule has 0 aromatic heterocycles. The minimum atomic E-state index is -1.97. The number of hydrogen-bond donors (Lipinski definition) is 1. The maximum absolute atomic E-state index is 13.0. The van der Waals surface area contributed by atoms with E-state index in [0.717, 1.165) is 11.4 Å². The Balaban J connectivity index is 1.67. The number of nitrogens with two attached hydrogens (primary N) is 1. The van der Waals surface area contributed by atoms with E-state index in [4.69, 9.17) is 14.9 Å². The number of anilines is 1.